The number of hydrogen-bond donors (Lipinski definition) is 1. The van der Waals surface area contributed by atoms with E-state index in [2.05, 4.69) is 11.9 Å². The number of carbonyl (C=O) groups excluding carboxylic acids is 1. The minimum absolute atomic E-state index is 0.199. The summed E-state index contributed by atoms with van der Waals surface area (Å²) in [5.74, 6) is 1.11. The molecule has 0 spiro atoms. The van der Waals surface area contributed by atoms with Crippen molar-refractivity contribution in [2.45, 2.75) is 33.3 Å². The van der Waals surface area contributed by atoms with E-state index in [0.717, 1.165) is 11.1 Å². The van der Waals surface area contributed by atoms with Crippen molar-refractivity contribution in [2.24, 2.45) is 0 Å². The van der Waals surface area contributed by atoms with Gasteiger partial charge >= 0.3 is 0 Å². The van der Waals surface area contributed by atoms with E-state index in [4.69, 9.17) is 9.47 Å². The molecule has 2 aromatic carbocycles. The summed E-state index contributed by atoms with van der Waals surface area (Å²) >= 11 is 0. The number of rotatable bonds is 8. The summed E-state index contributed by atoms with van der Waals surface area (Å²) in [6.45, 7) is 10.0. The standard InChI is InChI=1S/C21H25NO3/c1-5-19(25-17-10-8-9-16(4)13-17)21(23)22-18-11-6-7-12-20(18)24-14-15(2)3/h6-13,19H,2,5,14H2,1,3-4H3,(H,22,23). The maximum atomic E-state index is 12.6. The Kier molecular flexibility index (Phi) is 6.63. The van der Waals surface area contributed by atoms with Crippen LogP contribution in [0.15, 0.2) is 60.7 Å². The highest BCUT2D eigenvalue weighted by molar-refractivity contribution is 5.95. The molecule has 0 bridgehead atoms. The fourth-order valence-electron chi connectivity index (χ4n) is 2.29. The molecular formula is C21H25NO3. The molecule has 2 rings (SSSR count). The second-order valence-corrected chi connectivity index (χ2v) is 6.06. The lowest BCUT2D eigenvalue weighted by atomic mass is 10.2. The van der Waals surface area contributed by atoms with Crippen molar-refractivity contribution in [1.29, 1.82) is 0 Å². The lowest BCUT2D eigenvalue weighted by Crippen LogP contribution is -2.32. The van der Waals surface area contributed by atoms with Gasteiger partial charge in [0, 0.05) is 0 Å². The van der Waals surface area contributed by atoms with E-state index in [1.54, 1.807) is 0 Å². The minimum Gasteiger partial charge on any atom is -0.487 e. The van der Waals surface area contributed by atoms with Gasteiger partial charge in [-0.3, -0.25) is 4.79 Å². The molecule has 0 fully saturated rings. The molecule has 4 nitrogen and oxygen atoms in total. The van der Waals surface area contributed by atoms with Gasteiger partial charge in [-0.05, 0) is 55.7 Å². The molecule has 1 amide bonds. The van der Waals surface area contributed by atoms with Gasteiger partial charge in [0.25, 0.3) is 5.91 Å². The monoisotopic (exact) mass is 339 g/mol. The van der Waals surface area contributed by atoms with Crippen LogP contribution in [0, 0.1) is 6.92 Å². The van der Waals surface area contributed by atoms with Crippen molar-refractivity contribution in [3.05, 3.63) is 66.2 Å². The van der Waals surface area contributed by atoms with Crippen LogP contribution in [0.25, 0.3) is 0 Å². The number of para-hydroxylation sites is 2. The largest absolute Gasteiger partial charge is 0.487 e. The van der Waals surface area contributed by atoms with Gasteiger partial charge in [0.15, 0.2) is 6.10 Å². The van der Waals surface area contributed by atoms with Gasteiger partial charge in [0.1, 0.15) is 18.1 Å². The van der Waals surface area contributed by atoms with Gasteiger partial charge in [0.05, 0.1) is 5.69 Å². The Labute approximate surface area is 149 Å². The van der Waals surface area contributed by atoms with E-state index < -0.39 is 6.10 Å². The van der Waals surface area contributed by atoms with Crippen molar-refractivity contribution >= 4 is 11.6 Å². The molecule has 2 aromatic rings. The first-order valence-electron chi connectivity index (χ1n) is 8.40. The van der Waals surface area contributed by atoms with Crippen molar-refractivity contribution in [2.75, 3.05) is 11.9 Å². The van der Waals surface area contributed by atoms with Gasteiger partial charge in [-0.2, -0.15) is 0 Å². The number of ether oxygens (including phenoxy) is 2. The van der Waals surface area contributed by atoms with Gasteiger partial charge in [-0.15, -0.1) is 0 Å². The topological polar surface area (TPSA) is 47.6 Å². The SMILES string of the molecule is C=C(C)COc1ccccc1NC(=O)C(CC)Oc1cccc(C)c1. The molecule has 0 saturated heterocycles. The van der Waals surface area contributed by atoms with Crippen LogP contribution in [-0.4, -0.2) is 18.6 Å². The number of aryl methyl sites for hydroxylation is 1. The molecule has 132 valence electrons. The number of hydrogen-bond acceptors (Lipinski definition) is 3. The maximum absolute atomic E-state index is 12.6. The summed E-state index contributed by atoms with van der Waals surface area (Å²) in [6.07, 6.45) is -0.00910. The molecule has 0 aliphatic carbocycles. The Morgan fingerprint density at radius 2 is 1.96 bits per heavy atom. The zero-order valence-electron chi connectivity index (χ0n) is 15.0. The third-order valence-corrected chi connectivity index (χ3v) is 3.55. The fourth-order valence-corrected chi connectivity index (χ4v) is 2.29. The van der Waals surface area contributed by atoms with Crippen LogP contribution >= 0.6 is 0 Å². The molecule has 0 aromatic heterocycles. The first-order chi connectivity index (χ1) is 12.0. The van der Waals surface area contributed by atoms with Gasteiger partial charge in [-0.25, -0.2) is 0 Å². The second kappa shape index (κ2) is 8.92. The van der Waals surface area contributed by atoms with Crippen LogP contribution in [-0.2, 0) is 4.79 Å². The van der Waals surface area contributed by atoms with Crippen LogP contribution in [0.4, 0.5) is 5.69 Å². The Hall–Kier alpha value is -2.75. The Bertz CT molecular complexity index is 739. The molecule has 0 aliphatic rings. The molecular weight excluding hydrogens is 314 g/mol. The first kappa shape index (κ1) is 18.6. The predicted octanol–water partition coefficient (Wildman–Crippen LogP) is 4.75. The molecule has 0 heterocycles. The molecule has 0 aliphatic heterocycles. The summed E-state index contributed by atoms with van der Waals surface area (Å²) in [5.41, 5.74) is 2.63. The van der Waals surface area contributed by atoms with Crippen LogP contribution in [0.2, 0.25) is 0 Å². The third-order valence-electron chi connectivity index (χ3n) is 3.55. The highest BCUT2D eigenvalue weighted by Gasteiger charge is 2.20. The molecule has 1 atom stereocenters. The highest BCUT2D eigenvalue weighted by Crippen LogP contribution is 2.25. The van der Waals surface area contributed by atoms with Crippen LogP contribution in [0.5, 0.6) is 11.5 Å². The molecule has 0 saturated carbocycles. The van der Waals surface area contributed by atoms with Crippen LogP contribution in [0.1, 0.15) is 25.8 Å². The van der Waals surface area contributed by atoms with Crippen LogP contribution in [0.3, 0.4) is 0 Å². The fraction of sp³-hybridized carbons (Fsp3) is 0.286. The lowest BCUT2D eigenvalue weighted by Gasteiger charge is -2.19. The van der Waals surface area contributed by atoms with Crippen molar-refractivity contribution in [1.82, 2.24) is 0 Å². The van der Waals surface area contributed by atoms with Crippen molar-refractivity contribution in [3.63, 3.8) is 0 Å². The number of amides is 1. The quantitative estimate of drug-likeness (QED) is 0.706. The number of anilines is 1. The highest BCUT2D eigenvalue weighted by atomic mass is 16.5. The average Bonchev–Trinajstić information content (AvgIpc) is 2.58. The molecule has 4 heteroatoms. The van der Waals surface area contributed by atoms with Crippen molar-refractivity contribution in [3.8, 4) is 11.5 Å². The smallest absolute Gasteiger partial charge is 0.265 e. The van der Waals surface area contributed by atoms with E-state index in [9.17, 15) is 4.79 Å². The number of benzene rings is 2. The van der Waals surface area contributed by atoms with Gasteiger partial charge in [0.2, 0.25) is 0 Å². The van der Waals surface area contributed by atoms with E-state index in [0.29, 0.717) is 30.2 Å². The van der Waals surface area contributed by atoms with E-state index in [1.807, 2.05) is 69.3 Å². The van der Waals surface area contributed by atoms with E-state index >= 15 is 0 Å². The molecule has 0 radical (unpaired) electrons. The van der Waals surface area contributed by atoms with E-state index in [1.165, 1.54) is 0 Å². The third kappa shape index (κ3) is 5.68. The molecule has 25 heavy (non-hydrogen) atoms. The summed E-state index contributed by atoms with van der Waals surface area (Å²) in [6, 6.07) is 15.0. The van der Waals surface area contributed by atoms with Crippen molar-refractivity contribution < 1.29 is 14.3 Å². The zero-order chi connectivity index (χ0) is 18.2. The van der Waals surface area contributed by atoms with Crippen LogP contribution < -0.4 is 14.8 Å². The van der Waals surface area contributed by atoms with Gasteiger partial charge in [-0.1, -0.05) is 37.8 Å². The molecule has 1 N–H and O–H groups in total. The summed E-state index contributed by atoms with van der Waals surface area (Å²) in [7, 11) is 0. The zero-order valence-corrected chi connectivity index (χ0v) is 15.0. The Morgan fingerprint density at radius 3 is 2.64 bits per heavy atom. The van der Waals surface area contributed by atoms with E-state index in [-0.39, 0.29) is 5.91 Å². The summed E-state index contributed by atoms with van der Waals surface area (Å²) < 4.78 is 11.5. The molecule has 1 unspecified atom stereocenters. The number of carbonyl (C=O) groups is 1. The minimum atomic E-state index is -0.573. The Morgan fingerprint density at radius 1 is 1.20 bits per heavy atom. The number of nitrogens with one attached hydrogen (secondary N) is 1. The summed E-state index contributed by atoms with van der Waals surface area (Å²) in [4.78, 5) is 12.6. The normalized spacial score (nSPS) is 11.5. The summed E-state index contributed by atoms with van der Waals surface area (Å²) in [5, 5.41) is 2.90. The second-order valence-electron chi connectivity index (χ2n) is 6.06. The first-order valence-corrected chi connectivity index (χ1v) is 8.40. The predicted molar refractivity (Wildman–Crippen MR) is 101 cm³/mol. The maximum Gasteiger partial charge on any atom is 0.265 e. The Balaban J connectivity index is 2.07. The average molecular weight is 339 g/mol. The lowest BCUT2D eigenvalue weighted by molar-refractivity contribution is -0.122. The van der Waals surface area contributed by atoms with Gasteiger partial charge < -0.3 is 14.8 Å².